The Balaban J connectivity index is 1.94. The molecule has 0 fully saturated rings. The predicted octanol–water partition coefficient (Wildman–Crippen LogP) is 3.20. The minimum Gasteiger partial charge on any atom is -0.457 e. The summed E-state index contributed by atoms with van der Waals surface area (Å²) in [4.78, 5) is 0. The van der Waals surface area contributed by atoms with Gasteiger partial charge < -0.3 is 10.1 Å². The van der Waals surface area contributed by atoms with Gasteiger partial charge in [-0.15, -0.1) is 6.42 Å². The molecule has 0 heterocycles. The van der Waals surface area contributed by atoms with Gasteiger partial charge >= 0.3 is 0 Å². The lowest BCUT2D eigenvalue weighted by molar-refractivity contribution is 0.482. The predicted molar refractivity (Wildman–Crippen MR) is 73.5 cm³/mol. The maximum atomic E-state index is 5.71. The van der Waals surface area contributed by atoms with Crippen LogP contribution in [0.15, 0.2) is 54.6 Å². The van der Waals surface area contributed by atoms with Gasteiger partial charge in [0, 0.05) is 6.54 Å². The second-order valence-corrected chi connectivity index (χ2v) is 3.87. The lowest BCUT2D eigenvalue weighted by Crippen LogP contribution is -2.12. The van der Waals surface area contributed by atoms with E-state index in [9.17, 15) is 0 Å². The van der Waals surface area contributed by atoms with Crippen molar-refractivity contribution >= 4 is 0 Å². The molecule has 0 aliphatic carbocycles. The summed E-state index contributed by atoms with van der Waals surface area (Å²) in [5.41, 5.74) is 1.19. The lowest BCUT2D eigenvalue weighted by atomic mass is 10.2. The van der Waals surface area contributed by atoms with Crippen LogP contribution in [0.25, 0.3) is 0 Å². The van der Waals surface area contributed by atoms with E-state index in [4.69, 9.17) is 11.2 Å². The second-order valence-electron chi connectivity index (χ2n) is 3.87. The summed E-state index contributed by atoms with van der Waals surface area (Å²) in [5, 5.41) is 3.14. The van der Waals surface area contributed by atoms with Crippen molar-refractivity contribution in [1.29, 1.82) is 0 Å². The molecule has 0 radical (unpaired) electrons. The highest BCUT2D eigenvalue weighted by molar-refractivity contribution is 5.32. The van der Waals surface area contributed by atoms with Gasteiger partial charge in [0.1, 0.15) is 11.5 Å². The van der Waals surface area contributed by atoms with Gasteiger partial charge in [-0.3, -0.25) is 0 Å². The molecule has 0 spiro atoms. The maximum absolute atomic E-state index is 5.71. The fourth-order valence-electron chi connectivity index (χ4n) is 1.58. The zero-order valence-corrected chi connectivity index (χ0v) is 10.1. The van der Waals surface area contributed by atoms with Crippen LogP contribution in [0, 0.1) is 12.3 Å². The van der Waals surface area contributed by atoms with Crippen LogP contribution in [0.2, 0.25) is 0 Å². The average molecular weight is 237 g/mol. The Morgan fingerprint density at radius 3 is 2.28 bits per heavy atom. The molecule has 0 atom stereocenters. The molecule has 0 aliphatic heterocycles. The first-order chi connectivity index (χ1) is 8.88. The van der Waals surface area contributed by atoms with Crippen molar-refractivity contribution in [2.24, 2.45) is 0 Å². The van der Waals surface area contributed by atoms with Gasteiger partial charge in [-0.25, -0.2) is 0 Å². The fraction of sp³-hybridized carbons (Fsp3) is 0.125. The van der Waals surface area contributed by atoms with Crippen molar-refractivity contribution in [3.8, 4) is 23.8 Å². The number of nitrogens with one attached hydrogen (secondary N) is 1. The summed E-state index contributed by atoms with van der Waals surface area (Å²) in [6, 6.07) is 17.7. The summed E-state index contributed by atoms with van der Waals surface area (Å²) >= 11 is 0. The van der Waals surface area contributed by atoms with E-state index in [2.05, 4.69) is 11.2 Å². The van der Waals surface area contributed by atoms with Crippen LogP contribution in [-0.2, 0) is 6.54 Å². The average Bonchev–Trinajstić information content (AvgIpc) is 2.42. The first-order valence-electron chi connectivity index (χ1n) is 5.84. The number of terminal acetylenes is 1. The van der Waals surface area contributed by atoms with E-state index < -0.39 is 0 Å². The van der Waals surface area contributed by atoms with E-state index in [-0.39, 0.29) is 0 Å². The molecule has 2 aromatic carbocycles. The highest BCUT2D eigenvalue weighted by Crippen LogP contribution is 2.20. The Bertz CT molecular complexity index is 511. The van der Waals surface area contributed by atoms with Crippen LogP contribution in [0.3, 0.4) is 0 Å². The number of hydrogen-bond donors (Lipinski definition) is 1. The van der Waals surface area contributed by atoms with E-state index in [0.717, 1.165) is 18.0 Å². The zero-order chi connectivity index (χ0) is 12.6. The van der Waals surface area contributed by atoms with Crippen molar-refractivity contribution in [3.05, 3.63) is 60.2 Å². The number of para-hydroxylation sites is 1. The quantitative estimate of drug-likeness (QED) is 0.637. The van der Waals surface area contributed by atoms with Crippen LogP contribution < -0.4 is 10.1 Å². The normalized spacial score (nSPS) is 9.72. The molecule has 0 saturated carbocycles. The van der Waals surface area contributed by atoms with E-state index in [1.165, 1.54) is 5.56 Å². The number of rotatable bonds is 5. The fourth-order valence-corrected chi connectivity index (χ4v) is 1.58. The van der Waals surface area contributed by atoms with Gasteiger partial charge in [-0.1, -0.05) is 36.3 Å². The number of ether oxygens (including phenoxy) is 1. The molecule has 1 N–H and O–H groups in total. The first kappa shape index (κ1) is 12.2. The van der Waals surface area contributed by atoms with Crippen molar-refractivity contribution in [2.75, 3.05) is 6.54 Å². The highest BCUT2D eigenvalue weighted by Gasteiger charge is 1.97. The van der Waals surface area contributed by atoms with Crippen molar-refractivity contribution in [1.82, 2.24) is 5.32 Å². The van der Waals surface area contributed by atoms with E-state index >= 15 is 0 Å². The van der Waals surface area contributed by atoms with Crippen LogP contribution in [0.1, 0.15) is 5.56 Å². The molecular weight excluding hydrogens is 222 g/mol. The third-order valence-electron chi connectivity index (χ3n) is 2.46. The molecule has 2 heteroatoms. The van der Waals surface area contributed by atoms with Gasteiger partial charge in [0.25, 0.3) is 0 Å². The topological polar surface area (TPSA) is 21.3 Å². The minimum absolute atomic E-state index is 0.586. The molecule has 2 rings (SSSR count). The Morgan fingerprint density at radius 1 is 0.944 bits per heavy atom. The molecule has 2 aromatic rings. The Labute approximate surface area is 108 Å². The minimum atomic E-state index is 0.586. The molecule has 0 aliphatic rings. The van der Waals surface area contributed by atoms with E-state index in [1.807, 2.05) is 54.6 Å². The number of hydrogen-bond acceptors (Lipinski definition) is 2. The van der Waals surface area contributed by atoms with Gasteiger partial charge in [-0.2, -0.15) is 0 Å². The lowest BCUT2D eigenvalue weighted by Gasteiger charge is -2.06. The smallest absolute Gasteiger partial charge is 0.127 e. The van der Waals surface area contributed by atoms with Crippen molar-refractivity contribution in [3.63, 3.8) is 0 Å². The molecule has 18 heavy (non-hydrogen) atoms. The van der Waals surface area contributed by atoms with E-state index in [0.29, 0.717) is 6.54 Å². The van der Waals surface area contributed by atoms with Gasteiger partial charge in [0.2, 0.25) is 0 Å². The Hall–Kier alpha value is -2.24. The van der Waals surface area contributed by atoms with Crippen LogP contribution >= 0.6 is 0 Å². The van der Waals surface area contributed by atoms with Crippen LogP contribution in [0.4, 0.5) is 0 Å². The second kappa shape index (κ2) is 6.48. The van der Waals surface area contributed by atoms with Crippen LogP contribution in [-0.4, -0.2) is 6.54 Å². The maximum Gasteiger partial charge on any atom is 0.127 e. The summed E-state index contributed by atoms with van der Waals surface area (Å²) in [6.07, 6.45) is 5.17. The SMILES string of the molecule is C#CCNCc1ccc(Oc2ccccc2)cc1. The summed E-state index contributed by atoms with van der Waals surface area (Å²) in [5.74, 6) is 4.22. The Morgan fingerprint density at radius 2 is 1.61 bits per heavy atom. The van der Waals surface area contributed by atoms with Crippen molar-refractivity contribution in [2.45, 2.75) is 6.54 Å². The summed E-state index contributed by atoms with van der Waals surface area (Å²) in [7, 11) is 0. The molecule has 0 bridgehead atoms. The highest BCUT2D eigenvalue weighted by atomic mass is 16.5. The molecule has 2 nitrogen and oxygen atoms in total. The van der Waals surface area contributed by atoms with E-state index in [1.54, 1.807) is 0 Å². The molecule has 0 aromatic heterocycles. The molecule has 0 unspecified atom stereocenters. The molecule has 90 valence electrons. The van der Waals surface area contributed by atoms with Crippen molar-refractivity contribution < 1.29 is 4.74 Å². The zero-order valence-electron chi connectivity index (χ0n) is 10.1. The third kappa shape index (κ3) is 3.65. The summed E-state index contributed by atoms with van der Waals surface area (Å²) in [6.45, 7) is 1.36. The van der Waals surface area contributed by atoms with Gasteiger partial charge in [-0.05, 0) is 29.8 Å². The van der Waals surface area contributed by atoms with Gasteiger partial charge in [0.05, 0.1) is 6.54 Å². The van der Waals surface area contributed by atoms with Crippen LogP contribution in [0.5, 0.6) is 11.5 Å². The monoisotopic (exact) mass is 237 g/mol. The molecular formula is C16H15NO. The summed E-state index contributed by atoms with van der Waals surface area (Å²) < 4.78 is 5.71. The third-order valence-corrected chi connectivity index (χ3v) is 2.46. The Kier molecular flexibility index (Phi) is 4.40. The number of benzene rings is 2. The molecule has 0 saturated heterocycles. The first-order valence-corrected chi connectivity index (χ1v) is 5.84. The molecule has 0 amide bonds. The largest absolute Gasteiger partial charge is 0.457 e. The standard InChI is InChI=1S/C16H15NO/c1-2-12-17-13-14-8-10-16(11-9-14)18-15-6-4-3-5-7-15/h1,3-11,17H,12-13H2. The van der Waals surface area contributed by atoms with Gasteiger partial charge in [0.15, 0.2) is 0 Å².